The van der Waals surface area contributed by atoms with Gasteiger partial charge < -0.3 is 10.6 Å². The van der Waals surface area contributed by atoms with Gasteiger partial charge in [-0.3, -0.25) is 9.69 Å². The van der Waals surface area contributed by atoms with Crippen molar-refractivity contribution in [3.05, 3.63) is 78.4 Å². The standard InChI is InChI=1S/C24H23N3O2S/c1-16(2)15-25-23(28)17-9-3-4-10-18(17)26-24(29)27-19-11-5-7-13-21(19)30-22-14-8-6-12-20(22)27/h3-14,16H,15H2,1-2H3,(H,25,28)(H,26,29). The minimum absolute atomic E-state index is 0.199. The van der Waals surface area contributed by atoms with Gasteiger partial charge in [-0.05, 0) is 42.3 Å². The van der Waals surface area contributed by atoms with E-state index in [-0.39, 0.29) is 11.9 Å². The number of hydrogen-bond donors (Lipinski definition) is 2. The quantitative estimate of drug-likeness (QED) is 0.555. The summed E-state index contributed by atoms with van der Waals surface area (Å²) in [7, 11) is 0. The smallest absolute Gasteiger partial charge is 0.331 e. The zero-order chi connectivity index (χ0) is 21.1. The highest BCUT2D eigenvalue weighted by molar-refractivity contribution is 7.99. The molecule has 6 heteroatoms. The van der Waals surface area contributed by atoms with Gasteiger partial charge in [0.2, 0.25) is 0 Å². The lowest BCUT2D eigenvalue weighted by atomic mass is 10.1. The van der Waals surface area contributed by atoms with Crippen LogP contribution in [0.25, 0.3) is 0 Å². The maximum absolute atomic E-state index is 13.4. The molecule has 0 atom stereocenters. The number of fused-ring (bicyclic) bond motifs is 2. The molecule has 152 valence electrons. The number of nitrogens with zero attached hydrogens (tertiary/aromatic N) is 1. The highest BCUT2D eigenvalue weighted by Crippen LogP contribution is 2.48. The predicted octanol–water partition coefficient (Wildman–Crippen LogP) is 5.91. The number of nitrogens with one attached hydrogen (secondary N) is 2. The Morgan fingerprint density at radius 1 is 0.867 bits per heavy atom. The topological polar surface area (TPSA) is 61.4 Å². The summed E-state index contributed by atoms with van der Waals surface area (Å²) in [6.45, 7) is 4.65. The second-order valence-electron chi connectivity index (χ2n) is 7.45. The van der Waals surface area contributed by atoms with E-state index in [4.69, 9.17) is 0 Å². The van der Waals surface area contributed by atoms with Crippen LogP contribution in [0.4, 0.5) is 21.9 Å². The summed E-state index contributed by atoms with van der Waals surface area (Å²) in [4.78, 5) is 29.7. The first-order chi connectivity index (χ1) is 14.5. The SMILES string of the molecule is CC(C)CNC(=O)c1ccccc1NC(=O)N1c2ccccc2Sc2ccccc21. The van der Waals surface area contributed by atoms with E-state index in [0.29, 0.717) is 23.7 Å². The lowest BCUT2D eigenvalue weighted by Crippen LogP contribution is -2.34. The molecule has 0 aromatic heterocycles. The van der Waals surface area contributed by atoms with Crippen LogP contribution < -0.4 is 15.5 Å². The molecule has 3 aromatic rings. The number of carbonyl (C=O) groups is 2. The van der Waals surface area contributed by atoms with Crippen LogP contribution in [-0.4, -0.2) is 18.5 Å². The molecule has 0 bridgehead atoms. The average Bonchev–Trinajstić information content (AvgIpc) is 2.76. The van der Waals surface area contributed by atoms with Gasteiger partial charge in [0.15, 0.2) is 0 Å². The van der Waals surface area contributed by atoms with Crippen LogP contribution in [0.2, 0.25) is 0 Å². The van der Waals surface area contributed by atoms with Crippen LogP contribution in [0, 0.1) is 5.92 Å². The molecular weight excluding hydrogens is 394 g/mol. The summed E-state index contributed by atoms with van der Waals surface area (Å²) >= 11 is 1.64. The summed E-state index contributed by atoms with van der Waals surface area (Å²) in [5.74, 6) is 0.143. The van der Waals surface area contributed by atoms with E-state index in [1.807, 2.05) is 68.4 Å². The number of urea groups is 1. The molecule has 0 spiro atoms. The van der Waals surface area contributed by atoms with Crippen LogP contribution in [0.3, 0.4) is 0 Å². The molecule has 0 saturated carbocycles. The fourth-order valence-corrected chi connectivity index (χ4v) is 4.33. The third-order valence-corrected chi connectivity index (χ3v) is 5.85. The Labute approximate surface area is 180 Å². The van der Waals surface area contributed by atoms with Gasteiger partial charge in [0.25, 0.3) is 5.91 Å². The van der Waals surface area contributed by atoms with Gasteiger partial charge in [0.1, 0.15) is 0 Å². The Morgan fingerprint density at radius 3 is 2.07 bits per heavy atom. The molecule has 4 rings (SSSR count). The molecule has 3 aromatic carbocycles. The monoisotopic (exact) mass is 417 g/mol. The van der Waals surface area contributed by atoms with E-state index in [9.17, 15) is 9.59 Å². The molecule has 5 nitrogen and oxygen atoms in total. The van der Waals surface area contributed by atoms with Gasteiger partial charge in [-0.1, -0.05) is 62.0 Å². The van der Waals surface area contributed by atoms with Gasteiger partial charge in [-0.2, -0.15) is 0 Å². The number of para-hydroxylation sites is 3. The molecule has 3 amide bonds. The molecular formula is C24H23N3O2S. The summed E-state index contributed by atoms with van der Waals surface area (Å²) in [6, 6.07) is 22.4. The zero-order valence-electron chi connectivity index (χ0n) is 16.9. The van der Waals surface area contributed by atoms with E-state index < -0.39 is 0 Å². The molecule has 1 aliphatic heterocycles. The molecule has 0 fully saturated rings. The number of rotatable bonds is 4. The summed E-state index contributed by atoms with van der Waals surface area (Å²) < 4.78 is 0. The van der Waals surface area contributed by atoms with Crippen LogP contribution in [0.5, 0.6) is 0 Å². The lowest BCUT2D eigenvalue weighted by molar-refractivity contribution is 0.0950. The number of amides is 3. The Kier molecular flexibility index (Phi) is 5.77. The van der Waals surface area contributed by atoms with Crippen LogP contribution in [0.1, 0.15) is 24.2 Å². The van der Waals surface area contributed by atoms with Crippen molar-refractivity contribution in [2.45, 2.75) is 23.6 Å². The van der Waals surface area contributed by atoms with Crippen LogP contribution in [0.15, 0.2) is 82.6 Å². The second kappa shape index (κ2) is 8.63. The predicted molar refractivity (Wildman–Crippen MR) is 122 cm³/mol. The summed E-state index contributed by atoms with van der Waals surface area (Å²) in [6.07, 6.45) is 0. The minimum atomic E-state index is -0.306. The first-order valence-corrected chi connectivity index (χ1v) is 10.7. The van der Waals surface area contributed by atoms with Crippen molar-refractivity contribution in [3.63, 3.8) is 0 Å². The van der Waals surface area contributed by atoms with Crippen molar-refractivity contribution in [1.29, 1.82) is 0 Å². The Morgan fingerprint density at radius 2 is 1.43 bits per heavy atom. The first-order valence-electron chi connectivity index (χ1n) is 9.89. The molecule has 0 radical (unpaired) electrons. The fraction of sp³-hybridized carbons (Fsp3) is 0.167. The van der Waals surface area contributed by atoms with E-state index >= 15 is 0 Å². The fourth-order valence-electron chi connectivity index (χ4n) is 3.28. The molecule has 0 unspecified atom stereocenters. The highest BCUT2D eigenvalue weighted by Gasteiger charge is 2.28. The van der Waals surface area contributed by atoms with Gasteiger partial charge in [-0.25, -0.2) is 4.79 Å². The van der Waals surface area contributed by atoms with Crippen molar-refractivity contribution in [2.75, 3.05) is 16.8 Å². The van der Waals surface area contributed by atoms with Crippen LogP contribution >= 0.6 is 11.8 Å². The maximum atomic E-state index is 13.4. The second-order valence-corrected chi connectivity index (χ2v) is 8.54. The Balaban J connectivity index is 1.65. The third-order valence-electron chi connectivity index (χ3n) is 4.72. The largest absolute Gasteiger partial charge is 0.352 e. The molecule has 0 saturated heterocycles. The molecule has 1 heterocycles. The van der Waals surface area contributed by atoms with Crippen molar-refractivity contribution >= 4 is 40.8 Å². The molecule has 2 N–H and O–H groups in total. The number of anilines is 3. The lowest BCUT2D eigenvalue weighted by Gasteiger charge is -2.31. The summed E-state index contributed by atoms with van der Waals surface area (Å²) in [5, 5.41) is 5.86. The molecule has 0 aliphatic carbocycles. The van der Waals surface area contributed by atoms with Crippen molar-refractivity contribution in [3.8, 4) is 0 Å². The first kappa shape index (κ1) is 20.0. The molecule has 1 aliphatic rings. The Bertz CT molecular complexity index is 1050. The van der Waals surface area contributed by atoms with Crippen LogP contribution in [-0.2, 0) is 0 Å². The minimum Gasteiger partial charge on any atom is -0.352 e. The van der Waals surface area contributed by atoms with E-state index in [1.54, 1.807) is 34.9 Å². The van der Waals surface area contributed by atoms with Gasteiger partial charge in [-0.15, -0.1) is 0 Å². The normalized spacial score (nSPS) is 12.2. The van der Waals surface area contributed by atoms with Gasteiger partial charge in [0.05, 0.1) is 22.6 Å². The average molecular weight is 418 g/mol. The van der Waals surface area contributed by atoms with Gasteiger partial charge >= 0.3 is 6.03 Å². The van der Waals surface area contributed by atoms with Gasteiger partial charge in [0, 0.05) is 16.3 Å². The third kappa shape index (κ3) is 4.04. The zero-order valence-corrected chi connectivity index (χ0v) is 17.7. The highest BCUT2D eigenvalue weighted by atomic mass is 32.2. The maximum Gasteiger partial charge on any atom is 0.331 e. The number of benzene rings is 3. The number of hydrogen-bond acceptors (Lipinski definition) is 3. The van der Waals surface area contributed by atoms with E-state index in [1.165, 1.54) is 0 Å². The van der Waals surface area contributed by atoms with Crippen molar-refractivity contribution in [1.82, 2.24) is 5.32 Å². The Hall–Kier alpha value is -3.25. The van der Waals surface area contributed by atoms with Crippen molar-refractivity contribution < 1.29 is 9.59 Å². The molecule has 30 heavy (non-hydrogen) atoms. The summed E-state index contributed by atoms with van der Waals surface area (Å²) in [5.41, 5.74) is 2.57. The van der Waals surface area contributed by atoms with E-state index in [2.05, 4.69) is 10.6 Å². The van der Waals surface area contributed by atoms with E-state index in [0.717, 1.165) is 21.2 Å². The van der Waals surface area contributed by atoms with Crippen molar-refractivity contribution in [2.24, 2.45) is 5.92 Å². The number of carbonyl (C=O) groups excluding carboxylic acids is 2.